The van der Waals surface area contributed by atoms with Crippen molar-refractivity contribution in [2.45, 2.75) is 26.7 Å². The summed E-state index contributed by atoms with van der Waals surface area (Å²) in [6, 6.07) is 3.72. The second-order valence-corrected chi connectivity index (χ2v) is 5.70. The summed E-state index contributed by atoms with van der Waals surface area (Å²) in [6.45, 7) is 7.92. The monoisotopic (exact) mass is 276 g/mol. The number of anilines is 1. The maximum absolute atomic E-state index is 11.8. The van der Waals surface area contributed by atoms with E-state index in [1.165, 1.54) is 12.8 Å². The van der Waals surface area contributed by atoms with Crippen LogP contribution in [0.25, 0.3) is 0 Å². The summed E-state index contributed by atoms with van der Waals surface area (Å²) >= 11 is 0. The molecule has 3 N–H and O–H groups in total. The Labute approximate surface area is 120 Å². The van der Waals surface area contributed by atoms with Gasteiger partial charge in [-0.1, -0.05) is 6.92 Å². The predicted octanol–water partition coefficient (Wildman–Crippen LogP) is 1.63. The van der Waals surface area contributed by atoms with Crippen LogP contribution < -0.4 is 16.0 Å². The molecule has 1 fully saturated rings. The zero-order valence-corrected chi connectivity index (χ0v) is 12.3. The van der Waals surface area contributed by atoms with Gasteiger partial charge in [0.15, 0.2) is 0 Å². The molecule has 0 aromatic carbocycles. The molecular weight excluding hydrogens is 252 g/mol. The highest BCUT2D eigenvalue weighted by Gasteiger charge is 2.26. The van der Waals surface area contributed by atoms with Crippen molar-refractivity contribution in [3.8, 4) is 0 Å². The van der Waals surface area contributed by atoms with E-state index in [9.17, 15) is 4.79 Å². The Bertz CT molecular complexity index is 455. The molecular formula is C15H24N4O. The number of carbonyl (C=O) groups excluding carboxylic acids is 1. The minimum Gasteiger partial charge on any atom is -0.384 e. The number of piperidine rings is 1. The number of nitrogens with zero attached hydrogens (tertiary/aromatic N) is 1. The first-order chi connectivity index (χ1) is 9.63. The molecule has 2 rings (SSSR count). The second kappa shape index (κ2) is 6.70. The van der Waals surface area contributed by atoms with Crippen LogP contribution in [0, 0.1) is 5.41 Å². The molecule has 2 heterocycles. The molecule has 1 aromatic rings. The molecule has 0 radical (unpaired) electrons. The Balaban J connectivity index is 1.95. The summed E-state index contributed by atoms with van der Waals surface area (Å²) in [4.78, 5) is 15.9. The molecule has 1 aromatic heterocycles. The standard InChI is InChI=1S/C15H24N4O/c1-3-17-14(20)13-10-12(4-7-18-13)19-11-15(2)5-8-16-9-6-15/h4,7,10,16H,3,5-6,8-9,11H2,1-2H3,(H,17,20)(H,18,19). The highest BCUT2D eigenvalue weighted by atomic mass is 16.1. The zero-order chi connectivity index (χ0) is 14.4. The van der Waals surface area contributed by atoms with Gasteiger partial charge in [-0.15, -0.1) is 0 Å². The molecule has 0 aliphatic carbocycles. The van der Waals surface area contributed by atoms with Crippen molar-refractivity contribution in [1.82, 2.24) is 15.6 Å². The summed E-state index contributed by atoms with van der Waals surface area (Å²) in [5.41, 5.74) is 1.74. The number of amides is 1. The zero-order valence-electron chi connectivity index (χ0n) is 12.3. The van der Waals surface area contributed by atoms with Crippen molar-refractivity contribution >= 4 is 11.6 Å². The highest BCUT2D eigenvalue weighted by molar-refractivity contribution is 5.93. The van der Waals surface area contributed by atoms with Gasteiger partial charge in [-0.25, -0.2) is 0 Å². The van der Waals surface area contributed by atoms with E-state index < -0.39 is 0 Å². The quantitative estimate of drug-likeness (QED) is 0.765. The van der Waals surface area contributed by atoms with Gasteiger partial charge in [0.25, 0.3) is 5.91 Å². The molecule has 1 amide bonds. The molecule has 5 heteroatoms. The minimum atomic E-state index is -0.121. The van der Waals surface area contributed by atoms with Crippen molar-refractivity contribution in [1.29, 1.82) is 0 Å². The van der Waals surface area contributed by atoms with Crippen molar-refractivity contribution in [3.05, 3.63) is 24.0 Å². The van der Waals surface area contributed by atoms with Crippen molar-refractivity contribution in [2.24, 2.45) is 5.41 Å². The van der Waals surface area contributed by atoms with Crippen molar-refractivity contribution < 1.29 is 4.79 Å². The van der Waals surface area contributed by atoms with Crippen LogP contribution >= 0.6 is 0 Å². The smallest absolute Gasteiger partial charge is 0.269 e. The van der Waals surface area contributed by atoms with Crippen LogP contribution in [0.15, 0.2) is 18.3 Å². The first kappa shape index (κ1) is 14.8. The van der Waals surface area contributed by atoms with Crippen LogP contribution in [0.4, 0.5) is 5.69 Å². The Morgan fingerprint density at radius 3 is 2.90 bits per heavy atom. The van der Waals surface area contributed by atoms with Gasteiger partial charge in [-0.2, -0.15) is 0 Å². The SMILES string of the molecule is CCNC(=O)c1cc(NCC2(C)CCNCC2)ccn1. The van der Waals surface area contributed by atoms with Gasteiger partial charge in [-0.05, 0) is 50.4 Å². The average Bonchev–Trinajstić information content (AvgIpc) is 2.47. The molecule has 0 bridgehead atoms. The first-order valence-corrected chi connectivity index (χ1v) is 7.32. The van der Waals surface area contributed by atoms with Gasteiger partial charge >= 0.3 is 0 Å². The van der Waals surface area contributed by atoms with Crippen LogP contribution in [-0.4, -0.2) is 37.1 Å². The fraction of sp³-hybridized carbons (Fsp3) is 0.600. The number of rotatable bonds is 5. The summed E-state index contributed by atoms with van der Waals surface area (Å²) in [5, 5.41) is 9.59. The Morgan fingerprint density at radius 2 is 2.20 bits per heavy atom. The maximum atomic E-state index is 11.8. The van der Waals surface area contributed by atoms with E-state index in [1.54, 1.807) is 6.20 Å². The lowest BCUT2D eigenvalue weighted by Gasteiger charge is -2.34. The third kappa shape index (κ3) is 3.93. The van der Waals surface area contributed by atoms with E-state index in [4.69, 9.17) is 0 Å². The number of hydrogen-bond donors (Lipinski definition) is 3. The molecule has 20 heavy (non-hydrogen) atoms. The van der Waals surface area contributed by atoms with Gasteiger partial charge in [-0.3, -0.25) is 9.78 Å². The van der Waals surface area contributed by atoms with Gasteiger partial charge < -0.3 is 16.0 Å². The maximum Gasteiger partial charge on any atom is 0.269 e. The lowest BCUT2D eigenvalue weighted by Crippen LogP contribution is -2.39. The molecule has 0 atom stereocenters. The van der Waals surface area contributed by atoms with Crippen LogP contribution in [0.3, 0.4) is 0 Å². The lowest BCUT2D eigenvalue weighted by atomic mass is 9.81. The topological polar surface area (TPSA) is 66.1 Å². The van der Waals surface area contributed by atoms with Crippen LogP contribution in [0.5, 0.6) is 0 Å². The van der Waals surface area contributed by atoms with Gasteiger partial charge in [0.1, 0.15) is 5.69 Å². The van der Waals surface area contributed by atoms with E-state index in [1.807, 2.05) is 19.1 Å². The Kier molecular flexibility index (Phi) is 4.95. The second-order valence-electron chi connectivity index (χ2n) is 5.70. The van der Waals surface area contributed by atoms with E-state index in [2.05, 4.69) is 27.9 Å². The number of aromatic nitrogens is 1. The molecule has 1 saturated heterocycles. The van der Waals surface area contributed by atoms with E-state index in [-0.39, 0.29) is 5.91 Å². The largest absolute Gasteiger partial charge is 0.384 e. The Hall–Kier alpha value is -1.62. The first-order valence-electron chi connectivity index (χ1n) is 7.32. The minimum absolute atomic E-state index is 0.121. The number of carbonyl (C=O) groups is 1. The summed E-state index contributed by atoms with van der Waals surface area (Å²) in [6.07, 6.45) is 4.03. The number of pyridine rings is 1. The van der Waals surface area contributed by atoms with E-state index >= 15 is 0 Å². The van der Waals surface area contributed by atoms with Crippen LogP contribution in [0.1, 0.15) is 37.2 Å². The van der Waals surface area contributed by atoms with Crippen molar-refractivity contribution in [3.63, 3.8) is 0 Å². The molecule has 5 nitrogen and oxygen atoms in total. The lowest BCUT2D eigenvalue weighted by molar-refractivity contribution is 0.0951. The van der Waals surface area contributed by atoms with Crippen molar-refractivity contribution in [2.75, 3.05) is 31.5 Å². The number of hydrogen-bond acceptors (Lipinski definition) is 4. The highest BCUT2D eigenvalue weighted by Crippen LogP contribution is 2.28. The molecule has 0 spiro atoms. The Morgan fingerprint density at radius 1 is 1.45 bits per heavy atom. The third-order valence-corrected chi connectivity index (χ3v) is 3.86. The van der Waals surface area contributed by atoms with Gasteiger partial charge in [0, 0.05) is 25.0 Å². The van der Waals surface area contributed by atoms with Gasteiger partial charge in [0.2, 0.25) is 0 Å². The van der Waals surface area contributed by atoms with E-state index in [0.717, 1.165) is 25.3 Å². The molecule has 1 aliphatic heterocycles. The fourth-order valence-corrected chi connectivity index (χ4v) is 2.44. The molecule has 0 unspecified atom stereocenters. The van der Waals surface area contributed by atoms with Gasteiger partial charge in [0.05, 0.1) is 0 Å². The predicted molar refractivity (Wildman–Crippen MR) is 80.9 cm³/mol. The summed E-state index contributed by atoms with van der Waals surface area (Å²) in [7, 11) is 0. The molecule has 110 valence electrons. The number of nitrogens with one attached hydrogen (secondary N) is 3. The van der Waals surface area contributed by atoms with Crippen LogP contribution in [0.2, 0.25) is 0 Å². The van der Waals surface area contributed by atoms with E-state index in [0.29, 0.717) is 17.7 Å². The fourth-order valence-electron chi connectivity index (χ4n) is 2.44. The molecule has 1 aliphatic rings. The average molecular weight is 276 g/mol. The summed E-state index contributed by atoms with van der Waals surface area (Å²) in [5.74, 6) is -0.121. The normalized spacial score (nSPS) is 17.5. The third-order valence-electron chi connectivity index (χ3n) is 3.86. The van der Waals surface area contributed by atoms with Crippen LogP contribution in [-0.2, 0) is 0 Å². The summed E-state index contributed by atoms with van der Waals surface area (Å²) < 4.78 is 0. The molecule has 0 saturated carbocycles.